The molecule has 98 valence electrons. The van der Waals surface area contributed by atoms with E-state index in [9.17, 15) is 0 Å². The van der Waals surface area contributed by atoms with Crippen molar-refractivity contribution in [3.63, 3.8) is 0 Å². The van der Waals surface area contributed by atoms with Crippen molar-refractivity contribution in [1.29, 1.82) is 0 Å². The van der Waals surface area contributed by atoms with Crippen LogP contribution in [0.3, 0.4) is 0 Å². The van der Waals surface area contributed by atoms with Crippen molar-refractivity contribution in [1.82, 2.24) is 0 Å². The molecular weight excluding hydrogens is 248 g/mol. The normalized spacial score (nSPS) is 11.9. The molecule has 0 bridgehead atoms. The van der Waals surface area contributed by atoms with Crippen molar-refractivity contribution >= 4 is 23.2 Å². The summed E-state index contributed by atoms with van der Waals surface area (Å²) in [4.78, 5) is 0. The van der Waals surface area contributed by atoms with E-state index < -0.39 is 0 Å². The van der Waals surface area contributed by atoms with Crippen molar-refractivity contribution in [3.05, 3.63) is 42.0 Å². The number of benzene rings is 2. The molecule has 0 aromatic heterocycles. The lowest BCUT2D eigenvalue weighted by molar-refractivity contribution is 0.405. The quantitative estimate of drug-likeness (QED) is 0.894. The zero-order valence-corrected chi connectivity index (χ0v) is 11.2. The number of hydrogen-bond donors (Lipinski definition) is 2. The van der Waals surface area contributed by atoms with Gasteiger partial charge < -0.3 is 16.2 Å². The number of nitrogens with two attached hydrogens (primary N) is 2. The molecule has 0 aliphatic rings. The number of methoxy groups -OCH3 is 1. The van der Waals surface area contributed by atoms with Crippen LogP contribution in [0.25, 0.3) is 10.8 Å². The van der Waals surface area contributed by atoms with E-state index in [0.717, 1.165) is 23.1 Å². The number of hydrogen-bond acceptors (Lipinski definition) is 3. The summed E-state index contributed by atoms with van der Waals surface area (Å²) in [7, 11) is 1.67. The molecule has 0 unspecified atom stereocenters. The average molecular weight is 267 g/mol. The first-order valence-corrected chi connectivity index (χ1v) is 5.79. The van der Waals surface area contributed by atoms with Crippen molar-refractivity contribution < 1.29 is 4.74 Å². The van der Waals surface area contributed by atoms with Gasteiger partial charge in [0.25, 0.3) is 0 Å². The lowest BCUT2D eigenvalue weighted by Gasteiger charge is -2.17. The predicted octanol–water partition coefficient (Wildman–Crippen LogP) is 2.62. The molecule has 1 atom stereocenters. The maximum absolute atomic E-state index is 6.19. The van der Waals surface area contributed by atoms with Crippen molar-refractivity contribution in [2.45, 2.75) is 12.5 Å². The zero-order valence-electron chi connectivity index (χ0n) is 10.4. The Morgan fingerprint density at radius 2 is 1.89 bits per heavy atom. The summed E-state index contributed by atoms with van der Waals surface area (Å²) in [6.45, 7) is 0.577. The SMILES string of the molecule is COc1ccc2ccccc2c1[C@H](N)CCN.Cl. The number of rotatable bonds is 4. The van der Waals surface area contributed by atoms with Gasteiger partial charge in [-0.2, -0.15) is 0 Å². The summed E-state index contributed by atoms with van der Waals surface area (Å²) in [6, 6.07) is 12.1. The van der Waals surface area contributed by atoms with Crippen LogP contribution in [0.4, 0.5) is 0 Å². The molecule has 3 nitrogen and oxygen atoms in total. The highest BCUT2D eigenvalue weighted by molar-refractivity contribution is 5.88. The first-order chi connectivity index (χ1) is 8.27. The second kappa shape index (κ2) is 6.59. The van der Waals surface area contributed by atoms with E-state index in [2.05, 4.69) is 12.1 Å². The molecule has 0 aliphatic heterocycles. The van der Waals surface area contributed by atoms with Gasteiger partial charge in [-0.3, -0.25) is 0 Å². The molecule has 18 heavy (non-hydrogen) atoms. The molecule has 4 N–H and O–H groups in total. The fraction of sp³-hybridized carbons (Fsp3) is 0.286. The van der Waals surface area contributed by atoms with Crippen molar-refractivity contribution in [2.24, 2.45) is 11.5 Å². The van der Waals surface area contributed by atoms with E-state index in [0.29, 0.717) is 6.54 Å². The average Bonchev–Trinajstić information content (AvgIpc) is 2.37. The smallest absolute Gasteiger partial charge is 0.124 e. The van der Waals surface area contributed by atoms with Gasteiger partial charge in [-0.05, 0) is 29.8 Å². The molecular formula is C14H19ClN2O. The maximum atomic E-state index is 6.19. The molecule has 0 amide bonds. The van der Waals surface area contributed by atoms with Gasteiger partial charge >= 0.3 is 0 Å². The Morgan fingerprint density at radius 3 is 2.56 bits per heavy atom. The highest BCUT2D eigenvalue weighted by atomic mass is 35.5. The van der Waals surface area contributed by atoms with E-state index in [1.54, 1.807) is 7.11 Å². The Kier molecular flexibility index (Phi) is 5.41. The molecule has 0 saturated carbocycles. The molecule has 0 fully saturated rings. The number of ether oxygens (including phenoxy) is 1. The van der Waals surface area contributed by atoms with Crippen LogP contribution in [0.1, 0.15) is 18.0 Å². The monoisotopic (exact) mass is 266 g/mol. The standard InChI is InChI=1S/C14H18N2O.ClH/c1-17-13-7-6-10-4-2-3-5-11(10)14(13)12(16)8-9-15;/h2-7,12H,8-9,15-16H2,1H3;1H/t12-;/m1./s1. The lowest BCUT2D eigenvalue weighted by Crippen LogP contribution is -2.16. The van der Waals surface area contributed by atoms with Crippen molar-refractivity contribution in [2.75, 3.05) is 13.7 Å². The van der Waals surface area contributed by atoms with E-state index in [4.69, 9.17) is 16.2 Å². The number of halogens is 1. The van der Waals surface area contributed by atoms with E-state index in [1.165, 1.54) is 5.39 Å². The Hall–Kier alpha value is -1.29. The minimum absolute atomic E-state index is 0. The Labute approximate surface area is 114 Å². The largest absolute Gasteiger partial charge is 0.496 e. The second-order valence-electron chi connectivity index (χ2n) is 4.09. The molecule has 0 spiro atoms. The highest BCUT2D eigenvalue weighted by Gasteiger charge is 2.14. The van der Waals surface area contributed by atoms with Gasteiger partial charge in [0, 0.05) is 11.6 Å². The van der Waals surface area contributed by atoms with Gasteiger partial charge in [-0.15, -0.1) is 12.4 Å². The fourth-order valence-corrected chi connectivity index (χ4v) is 2.16. The second-order valence-corrected chi connectivity index (χ2v) is 4.09. The van der Waals surface area contributed by atoms with Crippen LogP contribution in [0.2, 0.25) is 0 Å². The Morgan fingerprint density at radius 1 is 1.17 bits per heavy atom. The van der Waals surface area contributed by atoms with Crippen LogP contribution in [-0.4, -0.2) is 13.7 Å². The van der Waals surface area contributed by atoms with Crippen LogP contribution < -0.4 is 16.2 Å². The van der Waals surface area contributed by atoms with Crippen LogP contribution in [-0.2, 0) is 0 Å². The van der Waals surface area contributed by atoms with Crippen LogP contribution in [0.5, 0.6) is 5.75 Å². The molecule has 4 heteroatoms. The summed E-state index contributed by atoms with van der Waals surface area (Å²) in [5, 5.41) is 2.32. The van der Waals surface area contributed by atoms with Gasteiger partial charge in [-0.1, -0.05) is 30.3 Å². The molecule has 0 saturated heterocycles. The lowest BCUT2D eigenvalue weighted by atomic mass is 9.96. The minimum Gasteiger partial charge on any atom is -0.496 e. The molecule has 2 rings (SSSR count). The molecule has 2 aromatic rings. The van der Waals surface area contributed by atoms with Gasteiger partial charge in [0.1, 0.15) is 5.75 Å². The van der Waals surface area contributed by atoms with Crippen LogP contribution in [0.15, 0.2) is 36.4 Å². The van der Waals surface area contributed by atoms with Gasteiger partial charge in [0.2, 0.25) is 0 Å². The molecule has 2 aromatic carbocycles. The summed E-state index contributed by atoms with van der Waals surface area (Å²) < 4.78 is 5.40. The topological polar surface area (TPSA) is 61.3 Å². The maximum Gasteiger partial charge on any atom is 0.124 e. The minimum atomic E-state index is -0.0824. The first kappa shape index (κ1) is 14.8. The van der Waals surface area contributed by atoms with Crippen molar-refractivity contribution in [3.8, 4) is 5.75 Å². The summed E-state index contributed by atoms with van der Waals surface area (Å²) in [6.07, 6.45) is 0.754. The number of fused-ring (bicyclic) bond motifs is 1. The van der Waals surface area contributed by atoms with Crippen LogP contribution >= 0.6 is 12.4 Å². The fourth-order valence-electron chi connectivity index (χ4n) is 2.16. The third-order valence-corrected chi connectivity index (χ3v) is 3.00. The summed E-state index contributed by atoms with van der Waals surface area (Å²) in [5.74, 6) is 0.838. The third-order valence-electron chi connectivity index (χ3n) is 3.00. The van der Waals surface area contributed by atoms with Gasteiger partial charge in [0.15, 0.2) is 0 Å². The van der Waals surface area contributed by atoms with E-state index in [-0.39, 0.29) is 18.4 Å². The summed E-state index contributed by atoms with van der Waals surface area (Å²) in [5.41, 5.74) is 12.8. The third kappa shape index (κ3) is 2.75. The van der Waals surface area contributed by atoms with Crippen LogP contribution in [0, 0.1) is 0 Å². The Balaban J connectivity index is 0.00000162. The molecule has 0 radical (unpaired) electrons. The first-order valence-electron chi connectivity index (χ1n) is 5.79. The van der Waals surface area contributed by atoms with Gasteiger partial charge in [0.05, 0.1) is 7.11 Å². The van der Waals surface area contributed by atoms with E-state index in [1.807, 2.05) is 24.3 Å². The zero-order chi connectivity index (χ0) is 12.3. The van der Waals surface area contributed by atoms with E-state index >= 15 is 0 Å². The molecule has 0 aliphatic carbocycles. The summed E-state index contributed by atoms with van der Waals surface area (Å²) >= 11 is 0. The van der Waals surface area contributed by atoms with Gasteiger partial charge in [-0.25, -0.2) is 0 Å². The molecule has 0 heterocycles. The Bertz CT molecular complexity index is 516. The predicted molar refractivity (Wildman–Crippen MR) is 78.3 cm³/mol. The highest BCUT2D eigenvalue weighted by Crippen LogP contribution is 2.33.